The van der Waals surface area contributed by atoms with Gasteiger partial charge < -0.3 is 4.98 Å². The van der Waals surface area contributed by atoms with Crippen LogP contribution in [0.2, 0.25) is 0 Å². The number of H-pyrrole nitrogens is 1. The molecule has 0 atom stereocenters. The van der Waals surface area contributed by atoms with E-state index < -0.39 is 39.6 Å². The number of alkyl halides is 3. The maximum atomic E-state index is 12.4. The summed E-state index contributed by atoms with van der Waals surface area (Å²) in [6.07, 6.45) is -2.19. The molecule has 0 unspecified atom stereocenters. The summed E-state index contributed by atoms with van der Waals surface area (Å²) in [7, 11) is 0. The van der Waals surface area contributed by atoms with E-state index in [1.807, 2.05) is 4.98 Å². The lowest BCUT2D eigenvalue weighted by molar-refractivity contribution is -0.387. The van der Waals surface area contributed by atoms with Gasteiger partial charge >= 0.3 is 11.2 Å². The van der Waals surface area contributed by atoms with E-state index in [1.54, 1.807) is 0 Å². The average molecular weight is 239 g/mol. The van der Waals surface area contributed by atoms with Crippen LogP contribution in [0.3, 0.4) is 0 Å². The number of hydrogen-bond donors (Lipinski definition) is 1. The fourth-order valence-electron chi connectivity index (χ4n) is 1.10. The Bertz CT molecular complexity index is 446. The van der Waals surface area contributed by atoms with E-state index in [2.05, 4.69) is 0 Å². The van der Waals surface area contributed by atoms with Crippen molar-refractivity contribution in [3.8, 4) is 0 Å². The molecule has 0 saturated heterocycles. The summed E-state index contributed by atoms with van der Waals surface area (Å²) in [5, 5.41) is 10.5. The van der Waals surface area contributed by atoms with Crippen molar-refractivity contribution in [3.05, 3.63) is 37.8 Å². The molecule has 0 bridgehead atoms. The number of halogens is 3. The third kappa shape index (κ3) is 2.12. The molecule has 0 spiro atoms. The smallest absolute Gasteiger partial charge is 0.323 e. The van der Waals surface area contributed by atoms with Crippen LogP contribution < -0.4 is 5.56 Å². The Labute approximate surface area is 86.8 Å². The summed E-state index contributed by atoms with van der Waals surface area (Å²) in [4.78, 5) is 22.3. The van der Waals surface area contributed by atoms with E-state index in [0.717, 1.165) is 6.20 Å². The van der Waals surface area contributed by atoms with Gasteiger partial charge in [-0.2, -0.15) is 0 Å². The molecule has 82 valence electrons. The van der Waals surface area contributed by atoms with E-state index in [1.165, 1.54) is 0 Å². The van der Waals surface area contributed by atoms with Crippen LogP contribution in [0.15, 0.2) is 11.0 Å². The number of rotatable bonds is 3. The predicted molar refractivity (Wildman–Crippen MR) is 48.2 cm³/mol. The Morgan fingerprint density at radius 2 is 2.20 bits per heavy atom. The molecule has 8 heteroatoms. The van der Waals surface area contributed by atoms with Crippen LogP contribution in [0.4, 0.5) is 14.5 Å². The van der Waals surface area contributed by atoms with E-state index in [9.17, 15) is 23.7 Å². The quantitative estimate of drug-likeness (QED) is 0.497. The van der Waals surface area contributed by atoms with Crippen molar-refractivity contribution in [3.63, 3.8) is 0 Å². The molecule has 1 heterocycles. The van der Waals surface area contributed by atoms with E-state index in [-0.39, 0.29) is 0 Å². The van der Waals surface area contributed by atoms with Crippen molar-refractivity contribution in [1.82, 2.24) is 4.98 Å². The summed E-state index contributed by atoms with van der Waals surface area (Å²) >= 11 is 5.31. The zero-order valence-corrected chi connectivity index (χ0v) is 7.92. The molecule has 1 aromatic rings. The summed E-state index contributed by atoms with van der Waals surface area (Å²) in [5.74, 6) is -0.514. The lowest BCUT2D eigenvalue weighted by Gasteiger charge is -2.05. The Kier molecular flexibility index (Phi) is 3.35. The Morgan fingerprint density at radius 1 is 1.60 bits per heavy atom. The third-order valence-electron chi connectivity index (χ3n) is 1.76. The molecule has 0 aliphatic heterocycles. The van der Waals surface area contributed by atoms with Gasteiger partial charge in [0.15, 0.2) is 0 Å². The van der Waals surface area contributed by atoms with Gasteiger partial charge in [0, 0.05) is 11.8 Å². The van der Waals surface area contributed by atoms with Gasteiger partial charge in [0.1, 0.15) is 0 Å². The number of nitrogens with one attached hydrogen (secondary N) is 1. The fraction of sp³-hybridized carbons (Fsp3) is 0.286. The van der Waals surface area contributed by atoms with Gasteiger partial charge in [0.05, 0.1) is 16.4 Å². The topological polar surface area (TPSA) is 76.0 Å². The highest BCUT2D eigenvalue weighted by Gasteiger charge is 2.25. The van der Waals surface area contributed by atoms with Crippen LogP contribution in [0.5, 0.6) is 0 Å². The molecule has 0 amide bonds. The van der Waals surface area contributed by atoms with Gasteiger partial charge in [0.25, 0.3) is 6.43 Å². The number of aromatic nitrogens is 1. The summed E-state index contributed by atoms with van der Waals surface area (Å²) in [5.41, 5.74) is -3.04. The Balaban J connectivity index is 3.54. The van der Waals surface area contributed by atoms with Crippen LogP contribution in [-0.4, -0.2) is 9.91 Å². The number of aromatic amines is 1. The fourth-order valence-corrected chi connectivity index (χ4v) is 1.38. The van der Waals surface area contributed by atoms with E-state index >= 15 is 0 Å². The van der Waals surface area contributed by atoms with Crippen LogP contribution in [-0.2, 0) is 5.88 Å². The first-order chi connectivity index (χ1) is 6.99. The minimum atomic E-state index is -2.92. The molecule has 1 aromatic heterocycles. The minimum Gasteiger partial charge on any atom is -0.323 e. The SMILES string of the molecule is O=c1[nH]cc(C(F)F)c(CCl)c1[N+](=O)[O-]. The lowest BCUT2D eigenvalue weighted by Crippen LogP contribution is -2.15. The van der Waals surface area contributed by atoms with Gasteiger partial charge in [-0.05, 0) is 0 Å². The second-order valence-corrected chi connectivity index (χ2v) is 2.86. The molecule has 5 nitrogen and oxygen atoms in total. The highest BCUT2D eigenvalue weighted by Crippen LogP contribution is 2.27. The van der Waals surface area contributed by atoms with Crippen molar-refractivity contribution < 1.29 is 13.7 Å². The molecule has 0 radical (unpaired) electrons. The first-order valence-electron chi connectivity index (χ1n) is 3.72. The van der Waals surface area contributed by atoms with Crippen molar-refractivity contribution in [2.45, 2.75) is 12.3 Å². The maximum Gasteiger partial charge on any atom is 0.338 e. The lowest BCUT2D eigenvalue weighted by atomic mass is 10.1. The van der Waals surface area contributed by atoms with Gasteiger partial charge in [0.2, 0.25) is 0 Å². The average Bonchev–Trinajstić information content (AvgIpc) is 2.15. The summed E-state index contributed by atoms with van der Waals surface area (Å²) in [6, 6.07) is 0. The number of nitrogens with zero attached hydrogens (tertiary/aromatic N) is 1. The van der Waals surface area contributed by atoms with Crippen molar-refractivity contribution in [2.75, 3.05) is 0 Å². The zero-order chi connectivity index (χ0) is 11.6. The number of hydrogen-bond acceptors (Lipinski definition) is 3. The minimum absolute atomic E-state index is 0.444. The molecule has 0 aliphatic carbocycles. The van der Waals surface area contributed by atoms with Crippen molar-refractivity contribution in [1.29, 1.82) is 0 Å². The van der Waals surface area contributed by atoms with E-state index in [4.69, 9.17) is 11.6 Å². The Morgan fingerprint density at radius 3 is 2.60 bits per heavy atom. The predicted octanol–water partition coefficient (Wildman–Crippen LogP) is 1.96. The number of pyridine rings is 1. The first kappa shape index (κ1) is 11.6. The van der Waals surface area contributed by atoms with Gasteiger partial charge in [-0.1, -0.05) is 0 Å². The summed E-state index contributed by atoms with van der Waals surface area (Å²) in [6.45, 7) is 0. The van der Waals surface area contributed by atoms with Gasteiger partial charge in [-0.3, -0.25) is 14.9 Å². The van der Waals surface area contributed by atoms with Crippen molar-refractivity contribution >= 4 is 17.3 Å². The monoisotopic (exact) mass is 238 g/mol. The molecule has 0 aromatic carbocycles. The normalized spacial score (nSPS) is 10.7. The molecule has 0 saturated carbocycles. The highest BCUT2D eigenvalue weighted by molar-refractivity contribution is 6.17. The molecule has 0 fully saturated rings. The van der Waals surface area contributed by atoms with Crippen molar-refractivity contribution in [2.24, 2.45) is 0 Å². The molecule has 0 aliphatic rings. The first-order valence-corrected chi connectivity index (χ1v) is 4.25. The second-order valence-electron chi connectivity index (χ2n) is 2.59. The van der Waals surface area contributed by atoms with Gasteiger partial charge in [-0.15, -0.1) is 11.6 Å². The molecule has 1 rings (SSSR count). The molecule has 1 N–H and O–H groups in total. The van der Waals surface area contributed by atoms with Gasteiger partial charge in [-0.25, -0.2) is 8.78 Å². The van der Waals surface area contributed by atoms with Crippen LogP contribution in [0.25, 0.3) is 0 Å². The molecule has 15 heavy (non-hydrogen) atoms. The maximum absolute atomic E-state index is 12.4. The second kappa shape index (κ2) is 4.35. The molecular weight excluding hydrogens is 234 g/mol. The highest BCUT2D eigenvalue weighted by atomic mass is 35.5. The zero-order valence-electron chi connectivity index (χ0n) is 7.17. The van der Waals surface area contributed by atoms with Crippen LogP contribution in [0.1, 0.15) is 17.6 Å². The van der Waals surface area contributed by atoms with Crippen LogP contribution >= 0.6 is 11.6 Å². The van der Waals surface area contributed by atoms with Crippen LogP contribution in [0, 0.1) is 10.1 Å². The van der Waals surface area contributed by atoms with E-state index in [0.29, 0.717) is 0 Å². The number of nitro groups is 1. The summed E-state index contributed by atoms with van der Waals surface area (Å²) < 4.78 is 24.8. The molecular formula is C7H5ClF2N2O3. The third-order valence-corrected chi connectivity index (χ3v) is 2.03. The standard InChI is InChI=1S/C7H5ClF2N2O3/c8-1-3-4(6(9)10)2-11-7(13)5(3)12(14)15/h2,6H,1H2,(H,11,13). The Hall–Kier alpha value is -1.50. The largest absolute Gasteiger partial charge is 0.338 e.